The van der Waals surface area contributed by atoms with Gasteiger partial charge in [-0.25, -0.2) is 4.98 Å². The molecule has 0 bridgehead atoms. The molecule has 2 heterocycles. The third-order valence-corrected chi connectivity index (χ3v) is 4.47. The third kappa shape index (κ3) is 2.97. The maximum Gasteiger partial charge on any atom is 0.240 e. The minimum atomic E-state index is 0.000859. The molecule has 4 nitrogen and oxygen atoms in total. The van der Waals surface area contributed by atoms with Crippen molar-refractivity contribution >= 4 is 28.3 Å². The fraction of sp³-hybridized carbons (Fsp3) is 0.250. The summed E-state index contributed by atoms with van der Waals surface area (Å²) >= 11 is 1.65. The third-order valence-electron chi connectivity index (χ3n) is 3.59. The number of carbonyl (C=O) groups excluding carboxylic acids is 1. The fourth-order valence-electron chi connectivity index (χ4n) is 2.25. The van der Waals surface area contributed by atoms with Gasteiger partial charge in [-0.3, -0.25) is 4.79 Å². The van der Waals surface area contributed by atoms with Gasteiger partial charge in [0.25, 0.3) is 0 Å². The van der Waals surface area contributed by atoms with E-state index < -0.39 is 0 Å². The summed E-state index contributed by atoms with van der Waals surface area (Å²) in [7, 11) is 0. The SMILES string of the molecule is Cc1cc2ncn(CC(=O)NCc3cccs3)c2cc1C. The Kier molecular flexibility index (Phi) is 3.75. The standard InChI is InChI=1S/C16H17N3OS/c1-11-6-14-15(7-12(11)2)19(10-18-14)9-16(20)17-8-13-4-3-5-21-13/h3-7,10H,8-9H2,1-2H3,(H,17,20). The molecule has 0 saturated heterocycles. The van der Waals surface area contributed by atoms with Crippen molar-refractivity contribution in [2.24, 2.45) is 0 Å². The second-order valence-corrected chi connectivity index (χ2v) is 6.19. The molecule has 0 aliphatic rings. The minimum absolute atomic E-state index is 0.000859. The maximum absolute atomic E-state index is 12.0. The molecule has 0 atom stereocenters. The Hall–Kier alpha value is -2.14. The largest absolute Gasteiger partial charge is 0.350 e. The van der Waals surface area contributed by atoms with Gasteiger partial charge >= 0.3 is 0 Å². The number of imidazole rings is 1. The van der Waals surface area contributed by atoms with Gasteiger partial charge in [-0.2, -0.15) is 0 Å². The number of amides is 1. The van der Waals surface area contributed by atoms with Gasteiger partial charge in [-0.1, -0.05) is 6.07 Å². The van der Waals surface area contributed by atoms with Crippen LogP contribution in [0.5, 0.6) is 0 Å². The lowest BCUT2D eigenvalue weighted by Gasteiger charge is -2.07. The van der Waals surface area contributed by atoms with Crippen molar-refractivity contribution in [2.45, 2.75) is 26.9 Å². The second-order valence-electron chi connectivity index (χ2n) is 5.15. The molecule has 3 aromatic rings. The first-order chi connectivity index (χ1) is 10.1. The molecule has 0 spiro atoms. The molecule has 0 unspecified atom stereocenters. The summed E-state index contributed by atoms with van der Waals surface area (Å²) in [6, 6.07) is 8.15. The van der Waals surface area contributed by atoms with E-state index in [2.05, 4.69) is 36.3 Å². The predicted octanol–water partition coefficient (Wildman–Crippen LogP) is 3.03. The number of nitrogens with one attached hydrogen (secondary N) is 1. The van der Waals surface area contributed by atoms with Crippen LogP contribution in [0.4, 0.5) is 0 Å². The van der Waals surface area contributed by atoms with E-state index in [4.69, 9.17) is 0 Å². The lowest BCUT2D eigenvalue weighted by atomic mass is 10.1. The average molecular weight is 299 g/mol. The topological polar surface area (TPSA) is 46.9 Å². The van der Waals surface area contributed by atoms with E-state index in [-0.39, 0.29) is 5.91 Å². The van der Waals surface area contributed by atoms with Crippen molar-refractivity contribution in [1.82, 2.24) is 14.9 Å². The highest BCUT2D eigenvalue weighted by molar-refractivity contribution is 7.09. The highest BCUT2D eigenvalue weighted by Gasteiger charge is 2.08. The molecular weight excluding hydrogens is 282 g/mol. The summed E-state index contributed by atoms with van der Waals surface area (Å²) in [4.78, 5) is 17.6. The molecule has 0 saturated carbocycles. The Labute approximate surface area is 127 Å². The lowest BCUT2D eigenvalue weighted by Crippen LogP contribution is -2.26. The van der Waals surface area contributed by atoms with Gasteiger partial charge in [0, 0.05) is 4.88 Å². The number of fused-ring (bicyclic) bond motifs is 1. The first kappa shape index (κ1) is 13.8. The molecule has 0 aliphatic carbocycles. The number of hydrogen-bond acceptors (Lipinski definition) is 3. The Morgan fingerprint density at radius 3 is 2.90 bits per heavy atom. The van der Waals surface area contributed by atoms with Gasteiger partial charge in [-0.15, -0.1) is 11.3 Å². The molecule has 0 fully saturated rings. The van der Waals surface area contributed by atoms with E-state index in [1.54, 1.807) is 17.7 Å². The second kappa shape index (κ2) is 5.69. The molecule has 0 radical (unpaired) electrons. The molecule has 108 valence electrons. The predicted molar refractivity (Wildman–Crippen MR) is 85.4 cm³/mol. The van der Waals surface area contributed by atoms with Crippen molar-refractivity contribution < 1.29 is 4.79 Å². The molecular formula is C16H17N3OS. The van der Waals surface area contributed by atoms with Crippen LogP contribution in [0.3, 0.4) is 0 Å². The summed E-state index contributed by atoms with van der Waals surface area (Å²) < 4.78 is 1.89. The van der Waals surface area contributed by atoms with Gasteiger partial charge in [0.2, 0.25) is 5.91 Å². The van der Waals surface area contributed by atoms with Crippen LogP contribution in [0.25, 0.3) is 11.0 Å². The minimum Gasteiger partial charge on any atom is -0.350 e. The van der Waals surface area contributed by atoms with Crippen molar-refractivity contribution in [3.05, 3.63) is 52.0 Å². The van der Waals surface area contributed by atoms with Crippen LogP contribution in [-0.2, 0) is 17.9 Å². The van der Waals surface area contributed by atoms with Gasteiger partial charge < -0.3 is 9.88 Å². The molecule has 21 heavy (non-hydrogen) atoms. The van der Waals surface area contributed by atoms with Crippen LogP contribution in [0.1, 0.15) is 16.0 Å². The molecule has 1 N–H and O–H groups in total. The van der Waals surface area contributed by atoms with Gasteiger partial charge in [0.05, 0.1) is 23.9 Å². The van der Waals surface area contributed by atoms with Crippen molar-refractivity contribution in [1.29, 1.82) is 0 Å². The van der Waals surface area contributed by atoms with E-state index in [0.717, 1.165) is 15.9 Å². The van der Waals surface area contributed by atoms with E-state index in [1.165, 1.54) is 11.1 Å². The first-order valence-corrected chi connectivity index (χ1v) is 7.72. The van der Waals surface area contributed by atoms with E-state index >= 15 is 0 Å². The van der Waals surface area contributed by atoms with Gasteiger partial charge in [0.1, 0.15) is 6.54 Å². The number of nitrogens with zero attached hydrogens (tertiary/aromatic N) is 2. The Morgan fingerprint density at radius 2 is 2.14 bits per heavy atom. The summed E-state index contributed by atoms with van der Waals surface area (Å²) in [5.74, 6) is 0.000859. The number of aromatic nitrogens is 2. The average Bonchev–Trinajstić information content (AvgIpc) is 3.09. The van der Waals surface area contributed by atoms with Crippen LogP contribution in [0.15, 0.2) is 36.0 Å². The normalized spacial score (nSPS) is 11.0. The number of hydrogen-bond donors (Lipinski definition) is 1. The molecule has 1 amide bonds. The number of aryl methyl sites for hydroxylation is 2. The maximum atomic E-state index is 12.0. The van der Waals surface area contributed by atoms with Crippen molar-refractivity contribution in [3.63, 3.8) is 0 Å². The van der Waals surface area contributed by atoms with Crippen LogP contribution in [0.2, 0.25) is 0 Å². The zero-order valence-corrected chi connectivity index (χ0v) is 12.9. The molecule has 3 rings (SSSR count). The zero-order chi connectivity index (χ0) is 14.8. The number of benzene rings is 1. The van der Waals surface area contributed by atoms with Gasteiger partial charge in [0.15, 0.2) is 0 Å². The number of carbonyl (C=O) groups is 1. The van der Waals surface area contributed by atoms with E-state index in [1.807, 2.05) is 22.1 Å². The zero-order valence-electron chi connectivity index (χ0n) is 12.1. The van der Waals surface area contributed by atoms with E-state index in [9.17, 15) is 4.79 Å². The molecule has 1 aromatic carbocycles. The van der Waals surface area contributed by atoms with Crippen molar-refractivity contribution in [3.8, 4) is 0 Å². The van der Waals surface area contributed by atoms with E-state index in [0.29, 0.717) is 13.1 Å². The Bertz CT molecular complexity index is 774. The van der Waals surface area contributed by atoms with Crippen LogP contribution in [0, 0.1) is 13.8 Å². The van der Waals surface area contributed by atoms with Crippen LogP contribution in [-0.4, -0.2) is 15.5 Å². The quantitative estimate of drug-likeness (QED) is 0.805. The highest BCUT2D eigenvalue weighted by Crippen LogP contribution is 2.18. The highest BCUT2D eigenvalue weighted by atomic mass is 32.1. The Morgan fingerprint density at radius 1 is 1.33 bits per heavy atom. The summed E-state index contributed by atoms with van der Waals surface area (Å²) in [5.41, 5.74) is 4.37. The first-order valence-electron chi connectivity index (χ1n) is 6.84. The monoisotopic (exact) mass is 299 g/mol. The molecule has 2 aromatic heterocycles. The lowest BCUT2D eigenvalue weighted by molar-refractivity contribution is -0.121. The summed E-state index contributed by atoms with van der Waals surface area (Å²) in [6.45, 7) is 5.02. The smallest absolute Gasteiger partial charge is 0.240 e. The molecule has 0 aliphatic heterocycles. The number of rotatable bonds is 4. The number of thiophene rings is 1. The van der Waals surface area contributed by atoms with Gasteiger partial charge in [-0.05, 0) is 48.6 Å². The fourth-order valence-corrected chi connectivity index (χ4v) is 2.89. The summed E-state index contributed by atoms with van der Waals surface area (Å²) in [5, 5.41) is 4.95. The Balaban J connectivity index is 1.72. The molecule has 5 heteroatoms. The summed E-state index contributed by atoms with van der Waals surface area (Å²) in [6.07, 6.45) is 1.73. The van der Waals surface area contributed by atoms with Crippen molar-refractivity contribution in [2.75, 3.05) is 0 Å². The van der Waals surface area contributed by atoms with Crippen LogP contribution >= 0.6 is 11.3 Å². The van der Waals surface area contributed by atoms with Crippen LogP contribution < -0.4 is 5.32 Å².